The minimum absolute atomic E-state index is 0.00799. The number of hydrogen-bond acceptors (Lipinski definition) is 7. The first-order valence-electron chi connectivity index (χ1n) is 9.51. The number of aliphatic hydroxyl groups is 1. The number of carbonyl (C=O) groups is 2. The molecule has 1 amide bonds. The molecule has 2 atom stereocenters. The van der Waals surface area contributed by atoms with E-state index < -0.39 is 6.10 Å². The lowest BCUT2D eigenvalue weighted by Crippen LogP contribution is -2.52. The van der Waals surface area contributed by atoms with E-state index in [0.717, 1.165) is 36.8 Å². The Kier molecular flexibility index (Phi) is 7.32. The average Bonchev–Trinajstić information content (AvgIpc) is 3.39. The predicted octanol–water partition coefficient (Wildman–Crippen LogP) is 0.944. The van der Waals surface area contributed by atoms with Gasteiger partial charge in [-0.05, 0) is 19.2 Å². The first kappa shape index (κ1) is 21.4. The van der Waals surface area contributed by atoms with Gasteiger partial charge in [0.15, 0.2) is 0 Å². The highest BCUT2D eigenvalue weighted by Crippen LogP contribution is 2.24. The highest BCUT2D eigenvalue weighted by molar-refractivity contribution is 7.13. The average molecular weight is 419 g/mol. The number of aromatic nitrogens is 1. The van der Waals surface area contributed by atoms with Crippen molar-refractivity contribution in [1.29, 1.82) is 0 Å². The Morgan fingerprint density at radius 2 is 1.83 bits per heavy atom. The van der Waals surface area contributed by atoms with Gasteiger partial charge in [0.25, 0.3) is 12.4 Å². The number of thiazole rings is 1. The zero-order chi connectivity index (χ0) is 20.8. The van der Waals surface area contributed by atoms with E-state index in [4.69, 9.17) is 9.90 Å². The Bertz CT molecular complexity index is 791. The van der Waals surface area contributed by atoms with Gasteiger partial charge in [0.2, 0.25) is 0 Å². The highest BCUT2D eigenvalue weighted by atomic mass is 32.1. The summed E-state index contributed by atoms with van der Waals surface area (Å²) in [6.07, 6.45) is 1.31. The van der Waals surface area contributed by atoms with E-state index in [9.17, 15) is 9.90 Å². The van der Waals surface area contributed by atoms with Gasteiger partial charge < -0.3 is 20.0 Å². The number of likely N-dealkylation sites (tertiary alicyclic amines) is 1. The molecule has 2 aromatic rings. The summed E-state index contributed by atoms with van der Waals surface area (Å²) < 4.78 is 0. The van der Waals surface area contributed by atoms with Crippen LogP contribution in [0.3, 0.4) is 0 Å². The van der Waals surface area contributed by atoms with E-state index in [1.54, 1.807) is 22.4 Å². The van der Waals surface area contributed by atoms with Crippen LogP contribution in [-0.4, -0.2) is 101 Å². The van der Waals surface area contributed by atoms with Crippen LogP contribution in [0.25, 0.3) is 10.6 Å². The summed E-state index contributed by atoms with van der Waals surface area (Å²) in [5.41, 5.74) is 1.69. The van der Waals surface area contributed by atoms with Crippen LogP contribution in [0.5, 0.6) is 0 Å². The summed E-state index contributed by atoms with van der Waals surface area (Å²) in [7, 11) is 2.12. The minimum atomic E-state index is -0.475. The van der Waals surface area contributed by atoms with Gasteiger partial charge in [0.05, 0.1) is 12.1 Å². The fourth-order valence-corrected chi connectivity index (χ4v) is 4.40. The van der Waals surface area contributed by atoms with Crippen LogP contribution in [0.15, 0.2) is 35.8 Å². The number of amides is 1. The summed E-state index contributed by atoms with van der Waals surface area (Å²) >= 11 is 1.58. The van der Waals surface area contributed by atoms with E-state index in [1.165, 1.54) is 0 Å². The minimum Gasteiger partial charge on any atom is -0.483 e. The number of rotatable bonds is 3. The molecule has 0 spiro atoms. The van der Waals surface area contributed by atoms with Crippen LogP contribution in [0.4, 0.5) is 0 Å². The van der Waals surface area contributed by atoms with Crippen molar-refractivity contribution in [2.75, 3.05) is 46.3 Å². The summed E-state index contributed by atoms with van der Waals surface area (Å²) in [6, 6.07) is 7.64. The molecule has 0 aliphatic carbocycles. The molecule has 29 heavy (non-hydrogen) atoms. The van der Waals surface area contributed by atoms with Gasteiger partial charge in [-0.15, -0.1) is 11.3 Å². The monoisotopic (exact) mass is 418 g/mol. The molecule has 1 aromatic carbocycles. The Labute approximate surface area is 174 Å². The molecule has 2 aliphatic rings. The zero-order valence-electron chi connectivity index (χ0n) is 16.3. The van der Waals surface area contributed by atoms with E-state index in [1.807, 2.05) is 29.6 Å². The first-order valence-corrected chi connectivity index (χ1v) is 10.4. The number of hydrogen-bond donors (Lipinski definition) is 2. The lowest BCUT2D eigenvalue weighted by Gasteiger charge is -2.37. The van der Waals surface area contributed by atoms with E-state index >= 15 is 0 Å². The van der Waals surface area contributed by atoms with E-state index in [0.29, 0.717) is 18.7 Å². The molecular formula is C20H26N4O4S. The molecule has 0 saturated carbocycles. The predicted molar refractivity (Wildman–Crippen MR) is 111 cm³/mol. The maximum absolute atomic E-state index is 12.8. The van der Waals surface area contributed by atoms with Gasteiger partial charge in [0.1, 0.15) is 5.01 Å². The Morgan fingerprint density at radius 3 is 2.41 bits per heavy atom. The van der Waals surface area contributed by atoms with Gasteiger partial charge in [-0.25, -0.2) is 4.98 Å². The Morgan fingerprint density at radius 1 is 1.17 bits per heavy atom. The molecule has 2 saturated heterocycles. The molecule has 1 aromatic heterocycles. The number of carbonyl (C=O) groups excluding carboxylic acids is 1. The van der Waals surface area contributed by atoms with Crippen molar-refractivity contribution in [3.63, 3.8) is 0 Å². The molecule has 2 aliphatic heterocycles. The summed E-state index contributed by atoms with van der Waals surface area (Å²) in [5, 5.41) is 20.3. The van der Waals surface area contributed by atoms with Crippen molar-refractivity contribution in [1.82, 2.24) is 19.7 Å². The summed E-state index contributed by atoms with van der Waals surface area (Å²) in [6.45, 7) is 4.67. The van der Waals surface area contributed by atoms with Gasteiger partial charge >= 0.3 is 0 Å². The van der Waals surface area contributed by atoms with Gasteiger partial charge in [-0.1, -0.05) is 12.1 Å². The molecule has 0 bridgehead atoms. The summed E-state index contributed by atoms with van der Waals surface area (Å²) in [5.74, 6) is -0.00799. The second-order valence-corrected chi connectivity index (χ2v) is 8.10. The van der Waals surface area contributed by atoms with Crippen molar-refractivity contribution in [3.05, 3.63) is 41.4 Å². The maximum Gasteiger partial charge on any atom is 0.290 e. The fraction of sp³-hybridized carbons (Fsp3) is 0.450. The molecule has 0 radical (unpaired) electrons. The molecule has 3 heterocycles. The van der Waals surface area contributed by atoms with E-state index in [-0.39, 0.29) is 18.4 Å². The molecule has 9 heteroatoms. The molecule has 0 unspecified atom stereocenters. The number of piperazine rings is 1. The van der Waals surface area contributed by atoms with Gasteiger partial charge in [0, 0.05) is 62.0 Å². The van der Waals surface area contributed by atoms with Gasteiger partial charge in [-0.3, -0.25) is 14.5 Å². The van der Waals surface area contributed by atoms with Crippen molar-refractivity contribution < 1.29 is 19.8 Å². The Hall–Kier alpha value is -2.33. The van der Waals surface area contributed by atoms with Crippen LogP contribution >= 0.6 is 11.3 Å². The van der Waals surface area contributed by atoms with Crippen molar-refractivity contribution in [3.8, 4) is 10.6 Å². The number of carboxylic acid groups (broad SMARTS) is 1. The molecule has 2 N–H and O–H groups in total. The van der Waals surface area contributed by atoms with Crippen LogP contribution in [-0.2, 0) is 4.79 Å². The standard InChI is InChI=1S/C19H24N4O2S.CH2O2/c1-21-7-9-22(10-8-21)16-12-23(13-17(16)24)19(25)15-4-2-14(3-5-15)18-20-6-11-26-18;2-1-3/h2-6,11,16-17,24H,7-10,12-13H2,1H3;1H,(H,2,3)/t16-,17-;/m0./s1. The van der Waals surface area contributed by atoms with Gasteiger partial charge in [-0.2, -0.15) is 0 Å². The maximum atomic E-state index is 12.8. The number of β-amino-alcohol motifs (C(OH)–C–C–N with tert-alkyl or cyclic N) is 1. The summed E-state index contributed by atoms with van der Waals surface area (Å²) in [4.78, 5) is 31.9. The number of nitrogens with zero attached hydrogens (tertiary/aromatic N) is 4. The van der Waals surface area contributed by atoms with Crippen LogP contribution in [0.1, 0.15) is 10.4 Å². The zero-order valence-corrected chi connectivity index (χ0v) is 17.2. The number of aliphatic hydroxyl groups excluding tert-OH is 1. The third-order valence-electron chi connectivity index (χ3n) is 5.36. The highest BCUT2D eigenvalue weighted by Gasteiger charge is 2.38. The lowest BCUT2D eigenvalue weighted by molar-refractivity contribution is -0.122. The largest absolute Gasteiger partial charge is 0.483 e. The second-order valence-electron chi connectivity index (χ2n) is 7.20. The van der Waals surface area contributed by atoms with Crippen LogP contribution in [0.2, 0.25) is 0 Å². The fourth-order valence-electron chi connectivity index (χ4n) is 3.75. The van der Waals surface area contributed by atoms with Crippen molar-refractivity contribution in [2.24, 2.45) is 0 Å². The second kappa shape index (κ2) is 9.93. The van der Waals surface area contributed by atoms with Crippen molar-refractivity contribution in [2.45, 2.75) is 12.1 Å². The topological polar surface area (TPSA) is 97.2 Å². The van der Waals surface area contributed by atoms with Crippen molar-refractivity contribution >= 4 is 23.7 Å². The Balaban J connectivity index is 0.000000755. The van der Waals surface area contributed by atoms with Crippen LogP contribution < -0.4 is 0 Å². The third kappa shape index (κ3) is 5.18. The lowest BCUT2D eigenvalue weighted by atomic mass is 10.1. The molecule has 156 valence electrons. The van der Waals surface area contributed by atoms with E-state index in [2.05, 4.69) is 21.8 Å². The quantitative estimate of drug-likeness (QED) is 0.716. The molecule has 2 fully saturated rings. The molecule has 8 nitrogen and oxygen atoms in total. The number of benzene rings is 1. The third-order valence-corrected chi connectivity index (χ3v) is 6.19. The number of likely N-dealkylation sites (N-methyl/N-ethyl adjacent to an activating group) is 1. The van der Waals surface area contributed by atoms with Crippen LogP contribution in [0, 0.1) is 0 Å². The normalized spacial score (nSPS) is 22.8. The molecule has 4 rings (SSSR count). The SMILES string of the molecule is CN1CCN([C@H]2CN(C(=O)c3ccc(-c4nccs4)cc3)C[C@@H]2O)CC1.O=CO. The molecular weight excluding hydrogens is 392 g/mol. The first-order chi connectivity index (χ1) is 14.0. The smallest absolute Gasteiger partial charge is 0.290 e.